The Morgan fingerprint density at radius 3 is 2.67 bits per heavy atom. The van der Waals surface area contributed by atoms with E-state index >= 15 is 0 Å². The van der Waals surface area contributed by atoms with Crippen LogP contribution in [-0.4, -0.2) is 58.9 Å². The molecule has 3 rings (SSSR count). The topological polar surface area (TPSA) is 72.3 Å². The van der Waals surface area contributed by atoms with E-state index in [1.807, 2.05) is 0 Å². The summed E-state index contributed by atoms with van der Waals surface area (Å²) in [5.74, 6) is 2.91. The van der Waals surface area contributed by atoms with Crippen molar-refractivity contribution in [3.05, 3.63) is 11.6 Å². The molecule has 1 N–H and O–H groups in total. The molecule has 0 aromatic carbocycles. The molecule has 1 aliphatic carbocycles. The molecule has 0 unspecified atom stereocenters. The van der Waals surface area contributed by atoms with Crippen LogP contribution in [0.4, 0.5) is 0 Å². The number of nitrogens with one attached hydrogen (secondary N) is 1. The highest BCUT2D eigenvalue weighted by molar-refractivity contribution is 5.77. The summed E-state index contributed by atoms with van der Waals surface area (Å²) in [7, 11) is 1.54. The molecule has 2 heterocycles. The molecule has 7 heteroatoms. The summed E-state index contributed by atoms with van der Waals surface area (Å²) in [5.41, 5.74) is 0. The van der Waals surface area contributed by atoms with Crippen molar-refractivity contribution < 1.29 is 9.53 Å². The first-order chi connectivity index (χ1) is 13.1. The first-order valence-electron chi connectivity index (χ1n) is 10.5. The third-order valence-electron chi connectivity index (χ3n) is 5.93. The predicted octanol–water partition coefficient (Wildman–Crippen LogP) is 2.18. The maximum atomic E-state index is 12.1. The standard InChI is InChI=1S/C20H35N5O2/c1-15(2)19(21-18(26)14-27-3)20-23-22-17-9-10-24(11-12-25(17)20)13-16-7-5-4-6-8-16/h15-16,19H,4-14H2,1-3H3,(H,21,26)/t19-/m1/s1. The Morgan fingerprint density at radius 2 is 1.96 bits per heavy atom. The molecule has 1 atom stereocenters. The van der Waals surface area contributed by atoms with Crippen LogP contribution in [0.5, 0.6) is 0 Å². The molecule has 1 saturated carbocycles. The number of nitrogens with zero attached hydrogens (tertiary/aromatic N) is 4. The van der Waals surface area contributed by atoms with E-state index in [0.717, 1.165) is 43.6 Å². The molecule has 0 saturated heterocycles. The number of carbonyl (C=O) groups is 1. The van der Waals surface area contributed by atoms with E-state index in [-0.39, 0.29) is 24.5 Å². The van der Waals surface area contributed by atoms with Crippen molar-refractivity contribution in [3.63, 3.8) is 0 Å². The summed E-state index contributed by atoms with van der Waals surface area (Å²) in [6.07, 6.45) is 7.89. The van der Waals surface area contributed by atoms with Crippen molar-refractivity contribution >= 4 is 5.91 Å². The maximum absolute atomic E-state index is 12.1. The van der Waals surface area contributed by atoms with E-state index in [1.54, 1.807) is 0 Å². The lowest BCUT2D eigenvalue weighted by Gasteiger charge is -2.28. The lowest BCUT2D eigenvalue weighted by Crippen LogP contribution is -2.36. The van der Waals surface area contributed by atoms with Gasteiger partial charge in [-0.15, -0.1) is 10.2 Å². The van der Waals surface area contributed by atoms with Crippen LogP contribution in [0.1, 0.15) is 63.6 Å². The minimum absolute atomic E-state index is 0.0688. The van der Waals surface area contributed by atoms with Gasteiger partial charge in [-0.25, -0.2) is 0 Å². The smallest absolute Gasteiger partial charge is 0.246 e. The normalized spacial score (nSPS) is 20.3. The van der Waals surface area contributed by atoms with E-state index in [2.05, 4.69) is 38.8 Å². The molecular formula is C20H35N5O2. The monoisotopic (exact) mass is 377 g/mol. The van der Waals surface area contributed by atoms with E-state index in [4.69, 9.17) is 4.74 Å². The number of hydrogen-bond acceptors (Lipinski definition) is 5. The zero-order valence-corrected chi connectivity index (χ0v) is 17.1. The highest BCUT2D eigenvalue weighted by Crippen LogP contribution is 2.26. The number of ether oxygens (including phenoxy) is 1. The first-order valence-corrected chi connectivity index (χ1v) is 10.5. The quantitative estimate of drug-likeness (QED) is 0.788. The molecule has 1 aromatic heterocycles. The fraction of sp³-hybridized carbons (Fsp3) is 0.850. The van der Waals surface area contributed by atoms with E-state index in [1.165, 1.54) is 45.8 Å². The van der Waals surface area contributed by atoms with Gasteiger partial charge in [-0.2, -0.15) is 0 Å². The fourth-order valence-electron chi connectivity index (χ4n) is 4.41. The second-order valence-corrected chi connectivity index (χ2v) is 8.40. The maximum Gasteiger partial charge on any atom is 0.246 e. The molecule has 27 heavy (non-hydrogen) atoms. The van der Waals surface area contributed by atoms with E-state index < -0.39 is 0 Å². The molecule has 2 aliphatic rings. The lowest BCUT2D eigenvalue weighted by molar-refractivity contribution is -0.125. The van der Waals surface area contributed by atoms with Crippen molar-refractivity contribution in [1.82, 2.24) is 25.0 Å². The molecule has 1 aromatic rings. The van der Waals surface area contributed by atoms with Gasteiger partial charge in [0, 0.05) is 39.7 Å². The lowest BCUT2D eigenvalue weighted by atomic mass is 9.89. The van der Waals surface area contributed by atoms with E-state index in [9.17, 15) is 4.79 Å². The number of rotatable bonds is 7. The fourth-order valence-corrected chi connectivity index (χ4v) is 4.41. The summed E-state index contributed by atoms with van der Waals surface area (Å²) in [4.78, 5) is 14.7. The van der Waals surface area contributed by atoms with Crippen LogP contribution >= 0.6 is 0 Å². The second-order valence-electron chi connectivity index (χ2n) is 8.40. The second kappa shape index (κ2) is 9.64. The summed E-state index contributed by atoms with van der Waals surface area (Å²) < 4.78 is 7.19. The largest absolute Gasteiger partial charge is 0.375 e. The molecular weight excluding hydrogens is 342 g/mol. The van der Waals surface area contributed by atoms with Gasteiger partial charge in [-0.1, -0.05) is 33.1 Å². The van der Waals surface area contributed by atoms with Gasteiger partial charge in [0.05, 0.1) is 6.04 Å². The summed E-state index contributed by atoms with van der Waals surface area (Å²) in [5, 5.41) is 12.0. The molecule has 0 bridgehead atoms. The molecule has 1 aliphatic heterocycles. The van der Waals surface area contributed by atoms with Gasteiger partial charge in [0.1, 0.15) is 12.4 Å². The van der Waals surface area contributed by atoms with Crippen molar-refractivity contribution in [2.45, 2.75) is 65.0 Å². The van der Waals surface area contributed by atoms with Crippen molar-refractivity contribution in [3.8, 4) is 0 Å². The van der Waals surface area contributed by atoms with E-state index in [0.29, 0.717) is 0 Å². The Hall–Kier alpha value is -1.47. The third kappa shape index (κ3) is 5.29. The molecule has 1 amide bonds. The Bertz CT molecular complexity index is 610. The van der Waals surface area contributed by atoms with Crippen LogP contribution in [-0.2, 0) is 22.5 Å². The van der Waals surface area contributed by atoms with Gasteiger partial charge in [0.15, 0.2) is 5.82 Å². The predicted molar refractivity (Wildman–Crippen MR) is 104 cm³/mol. The van der Waals surface area contributed by atoms with Crippen LogP contribution in [0.3, 0.4) is 0 Å². The van der Waals surface area contributed by atoms with Gasteiger partial charge >= 0.3 is 0 Å². The minimum atomic E-state index is -0.140. The van der Waals surface area contributed by atoms with Crippen LogP contribution in [0.15, 0.2) is 0 Å². The van der Waals surface area contributed by atoms with Gasteiger partial charge in [0.25, 0.3) is 0 Å². The third-order valence-corrected chi connectivity index (χ3v) is 5.93. The van der Waals surface area contributed by atoms with Crippen molar-refractivity contribution in [2.24, 2.45) is 11.8 Å². The average molecular weight is 378 g/mol. The Morgan fingerprint density at radius 1 is 1.19 bits per heavy atom. The molecule has 152 valence electrons. The number of hydrogen-bond donors (Lipinski definition) is 1. The molecule has 0 spiro atoms. The van der Waals surface area contributed by atoms with Gasteiger partial charge in [-0.05, 0) is 24.7 Å². The number of methoxy groups -OCH3 is 1. The highest BCUT2D eigenvalue weighted by atomic mass is 16.5. The summed E-state index contributed by atoms with van der Waals surface area (Å²) in [6, 6.07) is -0.140. The van der Waals surface area contributed by atoms with Gasteiger partial charge in [0.2, 0.25) is 5.91 Å². The minimum Gasteiger partial charge on any atom is -0.375 e. The average Bonchev–Trinajstić information content (AvgIpc) is 2.94. The number of aromatic nitrogens is 3. The Labute approximate surface area is 162 Å². The summed E-state index contributed by atoms with van der Waals surface area (Å²) in [6.45, 7) is 8.47. The Kier molecular flexibility index (Phi) is 7.24. The van der Waals surface area contributed by atoms with Crippen molar-refractivity contribution in [2.75, 3.05) is 33.4 Å². The number of fused-ring (bicyclic) bond motifs is 1. The first kappa shape index (κ1) is 20.3. The zero-order chi connectivity index (χ0) is 19.2. The van der Waals surface area contributed by atoms with Crippen LogP contribution in [0.25, 0.3) is 0 Å². The summed E-state index contributed by atoms with van der Waals surface area (Å²) >= 11 is 0. The number of carbonyl (C=O) groups excluding carboxylic acids is 1. The number of amides is 1. The van der Waals surface area contributed by atoms with Crippen LogP contribution in [0, 0.1) is 11.8 Å². The highest BCUT2D eigenvalue weighted by Gasteiger charge is 2.28. The Balaban J connectivity index is 1.66. The van der Waals surface area contributed by atoms with Crippen LogP contribution in [0.2, 0.25) is 0 Å². The van der Waals surface area contributed by atoms with Crippen molar-refractivity contribution in [1.29, 1.82) is 0 Å². The zero-order valence-electron chi connectivity index (χ0n) is 17.1. The molecule has 1 fully saturated rings. The SMILES string of the molecule is COCC(=O)N[C@@H](c1nnc2n1CCN(CC1CCCCC1)CC2)C(C)C. The molecule has 0 radical (unpaired) electrons. The van der Waals surface area contributed by atoms with Gasteiger partial charge < -0.3 is 19.5 Å². The molecule has 7 nitrogen and oxygen atoms in total. The van der Waals surface area contributed by atoms with Gasteiger partial charge in [-0.3, -0.25) is 4.79 Å². The van der Waals surface area contributed by atoms with Crippen LogP contribution < -0.4 is 5.32 Å².